The predicted octanol–water partition coefficient (Wildman–Crippen LogP) is 1.73. The Kier molecular flexibility index (Phi) is 7.31. The number of hydrogen-bond donors (Lipinski definition) is 1. The molecule has 0 aliphatic carbocycles. The molecule has 0 amide bonds. The van der Waals surface area contributed by atoms with Crippen LogP contribution >= 0.6 is 0 Å². The summed E-state index contributed by atoms with van der Waals surface area (Å²) >= 11 is 0. The zero-order chi connectivity index (χ0) is 20.7. The second kappa shape index (κ2) is 9.48. The molecule has 1 fully saturated rings. The first-order valence-electron chi connectivity index (χ1n) is 8.94. The highest BCUT2D eigenvalue weighted by Gasteiger charge is 2.25. The lowest BCUT2D eigenvalue weighted by atomic mass is 10.1. The lowest BCUT2D eigenvalue weighted by Crippen LogP contribution is -2.31. The summed E-state index contributed by atoms with van der Waals surface area (Å²) in [7, 11) is -3.61. The normalized spacial score (nSPS) is 16.4. The molecule has 28 heavy (non-hydrogen) atoms. The Labute approximate surface area is 164 Å². The molecule has 2 N–H and O–H groups in total. The number of esters is 1. The highest BCUT2D eigenvalue weighted by molar-refractivity contribution is 7.89. The summed E-state index contributed by atoms with van der Waals surface area (Å²) in [6.45, 7) is 1.76. The topological polar surface area (TPSA) is 131 Å². The Bertz CT molecular complexity index is 902. The van der Waals surface area contributed by atoms with Gasteiger partial charge in [0.15, 0.2) is 6.61 Å². The van der Waals surface area contributed by atoms with Crippen LogP contribution in [0.4, 0.5) is 0 Å². The monoisotopic (exact) mass is 405 g/mol. The molecule has 150 valence electrons. The van der Waals surface area contributed by atoms with Crippen molar-refractivity contribution < 1.29 is 22.7 Å². The molecule has 0 saturated carbocycles. The van der Waals surface area contributed by atoms with E-state index in [0.29, 0.717) is 13.1 Å². The molecule has 0 unspecified atom stereocenters. The molecule has 1 aliphatic rings. The van der Waals surface area contributed by atoms with Gasteiger partial charge < -0.3 is 10.5 Å². The molecule has 1 saturated heterocycles. The number of nitriles is 1. The van der Waals surface area contributed by atoms with Gasteiger partial charge in [-0.05, 0) is 44.0 Å². The first kappa shape index (κ1) is 21.6. The second-order valence-electron chi connectivity index (χ2n) is 6.51. The summed E-state index contributed by atoms with van der Waals surface area (Å²) in [5.74, 6) is -1.49. The summed E-state index contributed by atoms with van der Waals surface area (Å²) in [5.41, 5.74) is 5.33. The number of ketones is 1. The molecule has 0 radical (unpaired) electrons. The van der Waals surface area contributed by atoms with E-state index in [0.717, 1.165) is 25.7 Å². The quantitative estimate of drug-likeness (QED) is 0.433. The van der Waals surface area contributed by atoms with Crippen LogP contribution in [0.15, 0.2) is 40.4 Å². The van der Waals surface area contributed by atoms with Gasteiger partial charge in [-0.3, -0.25) is 4.79 Å². The molecule has 8 nitrogen and oxygen atoms in total. The molecule has 1 aromatic rings. The number of ether oxygens (including phenoxy) is 1. The van der Waals surface area contributed by atoms with E-state index in [4.69, 9.17) is 15.7 Å². The Morgan fingerprint density at radius 2 is 1.71 bits per heavy atom. The van der Waals surface area contributed by atoms with Crippen LogP contribution in [0.1, 0.15) is 43.0 Å². The number of nitrogens with zero attached hydrogens (tertiary/aromatic N) is 2. The van der Waals surface area contributed by atoms with E-state index in [1.165, 1.54) is 35.5 Å². The number of hydrogen-bond acceptors (Lipinski definition) is 7. The fourth-order valence-corrected chi connectivity index (χ4v) is 4.37. The minimum Gasteiger partial charge on any atom is -0.454 e. The third kappa shape index (κ3) is 5.18. The predicted molar refractivity (Wildman–Crippen MR) is 101 cm³/mol. The van der Waals surface area contributed by atoms with Gasteiger partial charge in [0.05, 0.1) is 10.5 Å². The van der Waals surface area contributed by atoms with E-state index in [2.05, 4.69) is 0 Å². The van der Waals surface area contributed by atoms with Crippen LogP contribution in [0, 0.1) is 11.3 Å². The standard InChI is InChI=1S/C19H23N3O5S/c1-14(21)17(12-20)18(23)13-27-19(24)15-6-8-16(9-7-15)28(25,26)22-10-4-2-3-5-11-22/h6-9H,2-5,10-11,13,21H2,1H3. The van der Waals surface area contributed by atoms with Crippen LogP contribution < -0.4 is 5.73 Å². The van der Waals surface area contributed by atoms with Gasteiger partial charge in [-0.1, -0.05) is 12.8 Å². The van der Waals surface area contributed by atoms with Crippen molar-refractivity contribution in [2.45, 2.75) is 37.5 Å². The third-order valence-corrected chi connectivity index (χ3v) is 6.33. The van der Waals surface area contributed by atoms with Crippen molar-refractivity contribution in [3.63, 3.8) is 0 Å². The first-order valence-corrected chi connectivity index (χ1v) is 10.4. The third-order valence-electron chi connectivity index (χ3n) is 4.41. The first-order chi connectivity index (χ1) is 13.3. The van der Waals surface area contributed by atoms with Crippen molar-refractivity contribution in [1.82, 2.24) is 4.31 Å². The Morgan fingerprint density at radius 3 is 2.21 bits per heavy atom. The fraction of sp³-hybridized carbons (Fsp3) is 0.421. The van der Waals surface area contributed by atoms with Crippen molar-refractivity contribution in [2.24, 2.45) is 5.73 Å². The SMILES string of the molecule is CC(N)=C(C#N)C(=O)COC(=O)c1ccc(S(=O)(=O)N2CCCCCC2)cc1. The Balaban J connectivity index is 2.05. The Hall–Kier alpha value is -2.70. The summed E-state index contributed by atoms with van der Waals surface area (Å²) in [4.78, 5) is 24.0. The smallest absolute Gasteiger partial charge is 0.338 e. The lowest BCUT2D eigenvalue weighted by molar-refractivity contribution is -0.118. The van der Waals surface area contributed by atoms with Crippen molar-refractivity contribution >= 4 is 21.8 Å². The van der Waals surface area contributed by atoms with Gasteiger partial charge in [0.2, 0.25) is 15.8 Å². The van der Waals surface area contributed by atoms with Gasteiger partial charge in [-0.25, -0.2) is 13.2 Å². The van der Waals surface area contributed by atoms with Crippen molar-refractivity contribution in [2.75, 3.05) is 19.7 Å². The molecule has 0 spiro atoms. The highest BCUT2D eigenvalue weighted by atomic mass is 32.2. The molecule has 1 heterocycles. The van der Waals surface area contributed by atoms with Crippen LogP contribution in [0.3, 0.4) is 0 Å². The van der Waals surface area contributed by atoms with Gasteiger partial charge >= 0.3 is 5.97 Å². The Morgan fingerprint density at radius 1 is 1.14 bits per heavy atom. The number of Topliss-reactive ketones (excluding diaryl/α,β-unsaturated/α-hetero) is 1. The van der Waals surface area contributed by atoms with Gasteiger partial charge in [-0.2, -0.15) is 9.57 Å². The molecule has 1 aliphatic heterocycles. The lowest BCUT2D eigenvalue weighted by Gasteiger charge is -2.19. The van der Waals surface area contributed by atoms with Gasteiger partial charge in [0.25, 0.3) is 0 Å². The molecule has 1 aromatic carbocycles. The number of allylic oxidation sites excluding steroid dienone is 1. The van der Waals surface area contributed by atoms with E-state index in [-0.39, 0.29) is 21.7 Å². The van der Waals surface area contributed by atoms with Crippen LogP contribution in [0.25, 0.3) is 0 Å². The number of nitrogens with two attached hydrogens (primary N) is 1. The average molecular weight is 405 g/mol. The molecule has 2 rings (SSSR count). The largest absolute Gasteiger partial charge is 0.454 e. The number of rotatable bonds is 6. The van der Waals surface area contributed by atoms with Crippen molar-refractivity contribution in [3.05, 3.63) is 41.1 Å². The highest BCUT2D eigenvalue weighted by Crippen LogP contribution is 2.21. The van der Waals surface area contributed by atoms with Crippen LogP contribution in [0.2, 0.25) is 0 Å². The van der Waals surface area contributed by atoms with Gasteiger partial charge in [0, 0.05) is 18.8 Å². The fourth-order valence-electron chi connectivity index (χ4n) is 2.85. The van der Waals surface area contributed by atoms with Gasteiger partial charge in [0.1, 0.15) is 11.6 Å². The molecule has 0 atom stereocenters. The van der Waals surface area contributed by atoms with Crippen LogP contribution in [0.5, 0.6) is 0 Å². The molecule has 9 heteroatoms. The van der Waals surface area contributed by atoms with Crippen LogP contribution in [-0.2, 0) is 19.6 Å². The summed E-state index contributed by atoms with van der Waals surface area (Å²) in [6, 6.07) is 7.05. The van der Waals surface area contributed by atoms with Crippen molar-refractivity contribution in [1.29, 1.82) is 5.26 Å². The number of benzene rings is 1. The maximum Gasteiger partial charge on any atom is 0.338 e. The number of carbonyl (C=O) groups is 2. The minimum atomic E-state index is -3.61. The van der Waals surface area contributed by atoms with Gasteiger partial charge in [-0.15, -0.1) is 0 Å². The van der Waals surface area contributed by atoms with E-state index >= 15 is 0 Å². The van der Waals surface area contributed by atoms with Crippen molar-refractivity contribution in [3.8, 4) is 6.07 Å². The molecular weight excluding hydrogens is 382 g/mol. The number of sulfonamides is 1. The molecular formula is C19H23N3O5S. The zero-order valence-electron chi connectivity index (χ0n) is 15.7. The van der Waals surface area contributed by atoms with E-state index in [9.17, 15) is 18.0 Å². The number of carbonyl (C=O) groups excluding carboxylic acids is 2. The molecule has 0 aromatic heterocycles. The average Bonchev–Trinajstić information content (AvgIpc) is 2.96. The van der Waals surface area contributed by atoms with Crippen LogP contribution in [-0.4, -0.2) is 44.2 Å². The maximum atomic E-state index is 12.7. The molecule has 0 bridgehead atoms. The maximum absolute atomic E-state index is 12.7. The van der Waals surface area contributed by atoms with E-state index in [1.54, 1.807) is 6.07 Å². The van der Waals surface area contributed by atoms with E-state index < -0.39 is 28.4 Å². The van der Waals surface area contributed by atoms with E-state index in [1.807, 2.05) is 0 Å². The summed E-state index contributed by atoms with van der Waals surface area (Å²) in [5, 5.41) is 8.87. The summed E-state index contributed by atoms with van der Waals surface area (Å²) < 4.78 is 31.8. The zero-order valence-corrected chi connectivity index (χ0v) is 16.5. The minimum absolute atomic E-state index is 0.0478. The summed E-state index contributed by atoms with van der Waals surface area (Å²) in [6.07, 6.45) is 3.70. The second-order valence-corrected chi connectivity index (χ2v) is 8.45.